The number of hydrogen-bond donors (Lipinski definition) is 1. The van der Waals surface area contributed by atoms with Gasteiger partial charge in [0.1, 0.15) is 5.75 Å². The number of hydrogen-bond acceptors (Lipinski definition) is 6. The van der Waals surface area contributed by atoms with Gasteiger partial charge < -0.3 is 10.1 Å². The molecule has 0 bridgehead atoms. The van der Waals surface area contributed by atoms with Crippen molar-refractivity contribution in [2.75, 3.05) is 18.2 Å². The molecule has 0 radical (unpaired) electrons. The minimum absolute atomic E-state index is 0.0706. The maximum atomic E-state index is 12.0. The van der Waals surface area contributed by atoms with Gasteiger partial charge in [-0.1, -0.05) is 12.1 Å². The maximum absolute atomic E-state index is 12.0. The molecule has 0 unspecified atom stereocenters. The van der Waals surface area contributed by atoms with Gasteiger partial charge in [0, 0.05) is 35.6 Å². The largest absolute Gasteiger partial charge is 0.495 e. The summed E-state index contributed by atoms with van der Waals surface area (Å²) < 4.78 is 6.74. The monoisotopic (exact) mass is 375 g/mol. The Morgan fingerprint density at radius 2 is 2.24 bits per heavy atom. The number of carbonyl (C=O) groups is 1. The van der Waals surface area contributed by atoms with Crippen molar-refractivity contribution in [3.63, 3.8) is 0 Å². The highest BCUT2D eigenvalue weighted by atomic mass is 32.2. The summed E-state index contributed by atoms with van der Waals surface area (Å²) >= 11 is 3.01. The van der Waals surface area contributed by atoms with Crippen LogP contribution >= 0.6 is 23.1 Å². The minimum atomic E-state index is -0.0734. The number of carbonyl (C=O) groups excluding carboxylic acids is 1. The summed E-state index contributed by atoms with van der Waals surface area (Å²) in [6.45, 7) is 0. The molecule has 0 aliphatic rings. The van der Waals surface area contributed by atoms with E-state index in [2.05, 4.69) is 10.3 Å². The van der Waals surface area contributed by atoms with E-state index in [1.54, 1.807) is 43.3 Å². The lowest BCUT2D eigenvalue weighted by Gasteiger charge is -2.09. The van der Waals surface area contributed by atoms with Crippen LogP contribution < -0.4 is 15.6 Å². The number of anilines is 1. The van der Waals surface area contributed by atoms with E-state index in [1.807, 2.05) is 17.5 Å². The van der Waals surface area contributed by atoms with Crippen molar-refractivity contribution in [1.82, 2.24) is 9.38 Å². The van der Waals surface area contributed by atoms with Gasteiger partial charge >= 0.3 is 0 Å². The van der Waals surface area contributed by atoms with E-state index < -0.39 is 0 Å². The second kappa shape index (κ2) is 8.17. The Kier molecular flexibility index (Phi) is 5.72. The third-order valence-corrected chi connectivity index (χ3v) is 5.21. The van der Waals surface area contributed by atoms with Crippen molar-refractivity contribution in [1.29, 1.82) is 0 Å². The molecule has 130 valence electrons. The van der Waals surface area contributed by atoms with Gasteiger partial charge in [-0.2, -0.15) is 11.8 Å². The van der Waals surface area contributed by atoms with Crippen LogP contribution in [0.5, 0.6) is 5.75 Å². The highest BCUT2D eigenvalue weighted by Gasteiger charge is 2.08. The molecule has 3 aromatic rings. The van der Waals surface area contributed by atoms with E-state index >= 15 is 0 Å². The minimum Gasteiger partial charge on any atom is -0.495 e. The number of rotatable bonds is 7. The zero-order valence-corrected chi connectivity index (χ0v) is 15.2. The molecule has 2 heterocycles. The van der Waals surface area contributed by atoms with Crippen molar-refractivity contribution in [3.8, 4) is 5.75 Å². The molecule has 1 aromatic carbocycles. The third-order valence-electron chi connectivity index (χ3n) is 3.46. The number of nitrogens with zero attached hydrogens (tertiary/aromatic N) is 2. The van der Waals surface area contributed by atoms with Crippen LogP contribution in [0.4, 0.5) is 5.69 Å². The summed E-state index contributed by atoms with van der Waals surface area (Å²) in [7, 11) is 1.57. The summed E-state index contributed by atoms with van der Waals surface area (Å²) in [5.41, 5.74) is 1.33. The fraction of sp³-hybridized carbons (Fsp3) is 0.235. The Morgan fingerprint density at radius 3 is 3.08 bits per heavy atom. The van der Waals surface area contributed by atoms with Gasteiger partial charge in [0.05, 0.1) is 18.5 Å². The quantitative estimate of drug-likeness (QED) is 0.643. The number of thioether (sulfide) groups is 1. The molecule has 2 aromatic heterocycles. The fourth-order valence-electron chi connectivity index (χ4n) is 2.26. The van der Waals surface area contributed by atoms with Gasteiger partial charge in [0.15, 0.2) is 4.96 Å². The van der Waals surface area contributed by atoms with Gasteiger partial charge in [-0.15, -0.1) is 11.3 Å². The lowest BCUT2D eigenvalue weighted by atomic mass is 10.3. The number of ether oxygens (including phenoxy) is 1. The molecule has 0 spiro atoms. The van der Waals surface area contributed by atoms with E-state index in [-0.39, 0.29) is 11.5 Å². The number of thiazole rings is 1. The van der Waals surface area contributed by atoms with Gasteiger partial charge in [-0.25, -0.2) is 4.98 Å². The van der Waals surface area contributed by atoms with Crippen molar-refractivity contribution in [3.05, 3.63) is 58.0 Å². The van der Waals surface area contributed by atoms with E-state index in [9.17, 15) is 9.59 Å². The standard InChI is InChI=1S/C17H17N3O3S2/c1-23-14-5-3-2-4-13(14)19-15(21)6-8-24-11-12-10-16(22)20-7-9-25-17(20)18-12/h2-5,7,9-10H,6,8,11H2,1H3,(H,19,21). The first-order valence-corrected chi connectivity index (χ1v) is 9.67. The number of methoxy groups -OCH3 is 1. The van der Waals surface area contributed by atoms with Crippen LogP contribution in [-0.2, 0) is 10.5 Å². The Labute approximate surface area is 152 Å². The van der Waals surface area contributed by atoms with Crippen molar-refractivity contribution >= 4 is 39.7 Å². The summed E-state index contributed by atoms with van der Waals surface area (Å²) in [6.07, 6.45) is 2.09. The number of nitrogens with one attached hydrogen (secondary N) is 1. The molecule has 3 rings (SSSR count). The van der Waals surface area contributed by atoms with Gasteiger partial charge in [-0.3, -0.25) is 14.0 Å². The molecule has 0 saturated heterocycles. The molecule has 0 aliphatic heterocycles. The predicted molar refractivity (Wildman–Crippen MR) is 102 cm³/mol. The van der Waals surface area contributed by atoms with Crippen LogP contribution in [0.3, 0.4) is 0 Å². The summed E-state index contributed by atoms with van der Waals surface area (Å²) in [6, 6.07) is 8.84. The predicted octanol–water partition coefficient (Wildman–Crippen LogP) is 3.03. The highest BCUT2D eigenvalue weighted by Crippen LogP contribution is 2.23. The Balaban J connectivity index is 1.49. The molecular formula is C17H17N3O3S2. The summed E-state index contributed by atoms with van der Waals surface area (Å²) in [5.74, 6) is 1.81. The van der Waals surface area contributed by atoms with Crippen LogP contribution in [0.25, 0.3) is 4.96 Å². The highest BCUT2D eigenvalue weighted by molar-refractivity contribution is 7.98. The Hall–Kier alpha value is -2.32. The molecule has 0 fully saturated rings. The third kappa shape index (κ3) is 4.40. The van der Waals surface area contributed by atoms with Crippen LogP contribution in [-0.4, -0.2) is 28.2 Å². The van der Waals surface area contributed by atoms with Crippen LogP contribution in [0, 0.1) is 0 Å². The molecule has 1 amide bonds. The molecule has 6 nitrogen and oxygen atoms in total. The molecule has 0 aliphatic carbocycles. The first-order chi connectivity index (χ1) is 12.2. The number of amides is 1. The molecule has 1 N–H and O–H groups in total. The van der Waals surface area contributed by atoms with E-state index in [0.717, 1.165) is 5.69 Å². The van der Waals surface area contributed by atoms with Gasteiger partial charge in [-0.05, 0) is 12.1 Å². The lowest BCUT2D eigenvalue weighted by molar-refractivity contribution is -0.115. The van der Waals surface area contributed by atoms with Crippen LogP contribution in [0.2, 0.25) is 0 Å². The smallest absolute Gasteiger partial charge is 0.258 e. The van der Waals surface area contributed by atoms with E-state index in [0.29, 0.717) is 34.3 Å². The normalized spacial score (nSPS) is 10.8. The van der Waals surface area contributed by atoms with Crippen LogP contribution in [0.15, 0.2) is 46.7 Å². The molecule has 0 atom stereocenters. The summed E-state index contributed by atoms with van der Waals surface area (Å²) in [5, 5.41) is 4.68. The Bertz CT molecular complexity index is 936. The second-order valence-corrected chi connectivity index (χ2v) is 7.17. The number of aromatic nitrogens is 2. The van der Waals surface area contributed by atoms with Crippen molar-refractivity contribution in [2.24, 2.45) is 0 Å². The summed E-state index contributed by atoms with van der Waals surface area (Å²) in [4.78, 5) is 29.1. The number of benzene rings is 1. The number of para-hydroxylation sites is 2. The fourth-order valence-corrected chi connectivity index (χ4v) is 3.83. The SMILES string of the molecule is COc1ccccc1NC(=O)CCSCc1cc(=O)n2ccsc2n1. The average molecular weight is 375 g/mol. The first kappa shape index (κ1) is 17.5. The van der Waals surface area contributed by atoms with Crippen LogP contribution in [0.1, 0.15) is 12.1 Å². The van der Waals surface area contributed by atoms with E-state index in [4.69, 9.17) is 4.74 Å². The van der Waals surface area contributed by atoms with E-state index in [1.165, 1.54) is 15.7 Å². The topological polar surface area (TPSA) is 72.7 Å². The lowest BCUT2D eigenvalue weighted by Crippen LogP contribution is -2.14. The maximum Gasteiger partial charge on any atom is 0.258 e. The van der Waals surface area contributed by atoms with Gasteiger partial charge in [0.2, 0.25) is 5.91 Å². The second-order valence-electron chi connectivity index (χ2n) is 5.19. The van der Waals surface area contributed by atoms with Crippen molar-refractivity contribution < 1.29 is 9.53 Å². The molecule has 8 heteroatoms. The first-order valence-electron chi connectivity index (χ1n) is 7.64. The zero-order valence-electron chi connectivity index (χ0n) is 13.6. The van der Waals surface area contributed by atoms with Gasteiger partial charge in [0.25, 0.3) is 5.56 Å². The molecule has 25 heavy (non-hydrogen) atoms. The molecule has 0 saturated carbocycles. The average Bonchev–Trinajstić information content (AvgIpc) is 3.08. The Morgan fingerprint density at radius 1 is 1.40 bits per heavy atom. The number of fused-ring (bicyclic) bond motifs is 1. The zero-order chi connectivity index (χ0) is 17.6. The molecular weight excluding hydrogens is 358 g/mol. The van der Waals surface area contributed by atoms with Crippen molar-refractivity contribution in [2.45, 2.75) is 12.2 Å².